The molecule has 0 radical (unpaired) electrons. The van der Waals surface area contributed by atoms with Crippen molar-refractivity contribution in [3.63, 3.8) is 0 Å². The summed E-state index contributed by atoms with van der Waals surface area (Å²) in [7, 11) is 0. The van der Waals surface area contributed by atoms with Crippen molar-refractivity contribution in [1.29, 1.82) is 0 Å². The Morgan fingerprint density at radius 3 is 3.06 bits per heavy atom. The highest BCUT2D eigenvalue weighted by Crippen LogP contribution is 2.59. The molecule has 1 aliphatic heterocycles. The quantitative estimate of drug-likeness (QED) is 0.665. The van der Waals surface area contributed by atoms with Crippen LogP contribution in [0, 0.1) is 11.3 Å². The first-order chi connectivity index (χ1) is 8.79. The maximum atomic E-state index is 11.7. The number of ketones is 1. The molecule has 0 spiro atoms. The molecule has 98 valence electrons. The Morgan fingerprint density at radius 2 is 2.11 bits per heavy atom. The fraction of sp³-hybridized carbons (Fsp3) is 0.812. The Kier molecular flexibility index (Phi) is 2.45. The van der Waals surface area contributed by atoms with Crippen LogP contribution in [0.5, 0.6) is 0 Å². The highest BCUT2D eigenvalue weighted by atomic mass is 16.1. The van der Waals surface area contributed by atoms with Crippen LogP contribution < -0.4 is 5.32 Å². The van der Waals surface area contributed by atoms with E-state index in [4.69, 9.17) is 0 Å². The molecule has 0 aromatic rings. The lowest BCUT2D eigenvalue weighted by Gasteiger charge is -2.57. The molecule has 3 aliphatic carbocycles. The third-order valence-corrected chi connectivity index (χ3v) is 6.12. The average molecular weight is 245 g/mol. The van der Waals surface area contributed by atoms with Crippen molar-refractivity contribution in [2.45, 2.75) is 63.8 Å². The van der Waals surface area contributed by atoms with Gasteiger partial charge >= 0.3 is 0 Å². The minimum Gasteiger partial charge on any atom is -0.313 e. The van der Waals surface area contributed by atoms with Crippen LogP contribution in [0.3, 0.4) is 0 Å². The van der Waals surface area contributed by atoms with Crippen molar-refractivity contribution in [2.75, 3.05) is 6.54 Å². The number of nitrogens with one attached hydrogen (secondary N) is 1. The van der Waals surface area contributed by atoms with E-state index in [0.717, 1.165) is 25.2 Å². The Labute approximate surface area is 109 Å². The van der Waals surface area contributed by atoms with Crippen LogP contribution in [0.15, 0.2) is 11.1 Å². The lowest BCUT2D eigenvalue weighted by molar-refractivity contribution is -0.119. The lowest BCUT2D eigenvalue weighted by Crippen LogP contribution is -2.57. The van der Waals surface area contributed by atoms with Gasteiger partial charge in [-0.15, -0.1) is 0 Å². The Balaban J connectivity index is 1.81. The van der Waals surface area contributed by atoms with E-state index in [1.54, 1.807) is 11.1 Å². The molecule has 0 unspecified atom stereocenters. The van der Waals surface area contributed by atoms with E-state index in [2.05, 4.69) is 5.32 Å². The highest BCUT2D eigenvalue weighted by Gasteiger charge is 2.52. The maximum absolute atomic E-state index is 11.7. The zero-order valence-corrected chi connectivity index (χ0v) is 11.1. The van der Waals surface area contributed by atoms with Gasteiger partial charge in [0.1, 0.15) is 5.78 Å². The van der Waals surface area contributed by atoms with E-state index >= 15 is 0 Å². The van der Waals surface area contributed by atoms with E-state index in [-0.39, 0.29) is 0 Å². The van der Waals surface area contributed by atoms with Gasteiger partial charge in [0.2, 0.25) is 0 Å². The summed E-state index contributed by atoms with van der Waals surface area (Å²) >= 11 is 0. The van der Waals surface area contributed by atoms with Crippen LogP contribution in [-0.2, 0) is 4.79 Å². The van der Waals surface area contributed by atoms with Gasteiger partial charge in [0.05, 0.1) is 0 Å². The molecular formula is C16H23NO. The van der Waals surface area contributed by atoms with Gasteiger partial charge in [-0.25, -0.2) is 0 Å². The van der Waals surface area contributed by atoms with Crippen LogP contribution >= 0.6 is 0 Å². The first kappa shape index (κ1) is 11.2. The van der Waals surface area contributed by atoms with Crippen LogP contribution in [-0.4, -0.2) is 18.4 Å². The van der Waals surface area contributed by atoms with E-state index in [1.807, 2.05) is 0 Å². The smallest absolute Gasteiger partial charge is 0.137 e. The molecule has 4 aliphatic rings. The van der Waals surface area contributed by atoms with Gasteiger partial charge in [-0.3, -0.25) is 4.79 Å². The molecule has 2 fully saturated rings. The molecule has 2 nitrogen and oxygen atoms in total. The number of hydrogen-bond donors (Lipinski definition) is 1. The number of carbonyl (C=O) groups is 1. The van der Waals surface area contributed by atoms with Gasteiger partial charge in [0, 0.05) is 18.9 Å². The molecule has 0 aromatic heterocycles. The van der Waals surface area contributed by atoms with Gasteiger partial charge in [0.25, 0.3) is 0 Å². The molecule has 1 saturated heterocycles. The van der Waals surface area contributed by atoms with Crippen molar-refractivity contribution in [2.24, 2.45) is 11.3 Å². The number of carbonyl (C=O) groups excluding carboxylic acids is 1. The second kappa shape index (κ2) is 3.93. The second-order valence-electron chi connectivity index (χ2n) is 6.82. The van der Waals surface area contributed by atoms with E-state index in [1.165, 1.54) is 45.1 Å². The Hall–Kier alpha value is -0.630. The number of piperidine rings is 1. The predicted molar refractivity (Wildman–Crippen MR) is 71.3 cm³/mol. The molecule has 4 rings (SSSR count). The number of rotatable bonds is 0. The van der Waals surface area contributed by atoms with E-state index in [9.17, 15) is 4.79 Å². The zero-order valence-electron chi connectivity index (χ0n) is 11.1. The highest BCUT2D eigenvalue weighted by molar-refractivity contribution is 5.83. The first-order valence-electron chi connectivity index (χ1n) is 7.76. The summed E-state index contributed by atoms with van der Waals surface area (Å²) in [6.45, 7) is 1.20. The third-order valence-electron chi connectivity index (χ3n) is 6.12. The summed E-state index contributed by atoms with van der Waals surface area (Å²) in [5.74, 6) is 1.37. The third kappa shape index (κ3) is 1.41. The van der Waals surface area contributed by atoms with E-state index in [0.29, 0.717) is 17.2 Å². The largest absolute Gasteiger partial charge is 0.313 e. The zero-order chi connectivity index (χ0) is 12.2. The molecule has 2 bridgehead atoms. The molecule has 1 saturated carbocycles. The molecule has 2 heteroatoms. The van der Waals surface area contributed by atoms with E-state index < -0.39 is 0 Å². The molecule has 1 heterocycles. The summed E-state index contributed by atoms with van der Waals surface area (Å²) in [5.41, 5.74) is 3.81. The Bertz CT molecular complexity index is 421. The number of Topliss-reactive ketones (excluding diaryl/α,β-unsaturated/α-hetero) is 1. The van der Waals surface area contributed by atoms with Gasteiger partial charge in [0.15, 0.2) is 0 Å². The molecular weight excluding hydrogens is 222 g/mol. The lowest BCUT2D eigenvalue weighted by atomic mass is 9.51. The van der Waals surface area contributed by atoms with Crippen LogP contribution in [0.4, 0.5) is 0 Å². The van der Waals surface area contributed by atoms with Gasteiger partial charge < -0.3 is 5.32 Å². The fourth-order valence-corrected chi connectivity index (χ4v) is 5.46. The summed E-state index contributed by atoms with van der Waals surface area (Å²) in [6, 6.07) is 0.684. The fourth-order valence-electron chi connectivity index (χ4n) is 5.46. The van der Waals surface area contributed by atoms with Crippen LogP contribution in [0.1, 0.15) is 57.8 Å². The Morgan fingerprint density at radius 1 is 1.17 bits per heavy atom. The minimum atomic E-state index is 0.484. The van der Waals surface area contributed by atoms with Crippen molar-refractivity contribution < 1.29 is 4.79 Å². The second-order valence-corrected chi connectivity index (χ2v) is 6.82. The SMILES string of the molecule is O=C1CCC2=C(C1)C[C@H]1NCC[C@@]23CCCC[C@@H]13. The molecule has 1 N–H and O–H groups in total. The molecule has 0 aromatic carbocycles. The van der Waals surface area contributed by atoms with Gasteiger partial charge in [-0.2, -0.15) is 0 Å². The standard InChI is InChI=1S/C16H23NO/c18-12-4-5-13-11(9-12)10-15-14-3-1-2-6-16(13,14)7-8-17-15/h14-15,17H,1-10H2/t14-,15+,16-/m0/s1. The van der Waals surface area contributed by atoms with Gasteiger partial charge in [-0.05, 0) is 50.0 Å². The summed E-state index contributed by atoms with van der Waals surface area (Å²) in [5, 5.41) is 3.75. The molecule has 3 atom stereocenters. The van der Waals surface area contributed by atoms with Crippen molar-refractivity contribution in [3.05, 3.63) is 11.1 Å². The average Bonchev–Trinajstić information content (AvgIpc) is 2.38. The number of hydrogen-bond acceptors (Lipinski definition) is 2. The first-order valence-corrected chi connectivity index (χ1v) is 7.76. The molecule has 0 amide bonds. The summed E-state index contributed by atoms with van der Waals surface area (Å²) < 4.78 is 0. The topological polar surface area (TPSA) is 29.1 Å². The maximum Gasteiger partial charge on any atom is 0.137 e. The molecule has 18 heavy (non-hydrogen) atoms. The van der Waals surface area contributed by atoms with Crippen molar-refractivity contribution in [1.82, 2.24) is 5.32 Å². The predicted octanol–water partition coefficient (Wildman–Crippen LogP) is 2.98. The normalized spacial score (nSPS) is 43.4. The van der Waals surface area contributed by atoms with Crippen LogP contribution in [0.25, 0.3) is 0 Å². The van der Waals surface area contributed by atoms with Crippen LogP contribution in [0.2, 0.25) is 0 Å². The number of allylic oxidation sites excluding steroid dienone is 1. The monoisotopic (exact) mass is 245 g/mol. The summed E-state index contributed by atoms with van der Waals surface area (Å²) in [6.07, 6.45) is 10.9. The van der Waals surface area contributed by atoms with Crippen molar-refractivity contribution in [3.8, 4) is 0 Å². The minimum absolute atomic E-state index is 0.484. The summed E-state index contributed by atoms with van der Waals surface area (Å²) in [4.78, 5) is 11.7. The van der Waals surface area contributed by atoms with Gasteiger partial charge in [-0.1, -0.05) is 24.0 Å². The van der Waals surface area contributed by atoms with Crippen molar-refractivity contribution >= 4 is 5.78 Å².